The zero-order valence-electron chi connectivity index (χ0n) is 10.1. The number of carbonyl (C=O) groups excluding carboxylic acids is 1. The summed E-state index contributed by atoms with van der Waals surface area (Å²) in [6.45, 7) is 3.76. The van der Waals surface area contributed by atoms with Gasteiger partial charge in [0.1, 0.15) is 0 Å². The van der Waals surface area contributed by atoms with E-state index in [-0.39, 0.29) is 29.8 Å². The number of nitrogens with zero attached hydrogens (tertiary/aromatic N) is 1. The zero-order chi connectivity index (χ0) is 12.3. The summed E-state index contributed by atoms with van der Waals surface area (Å²) < 4.78 is 1.40. The second-order valence-electron chi connectivity index (χ2n) is 4.13. The Bertz CT molecular complexity index is 443. The van der Waals surface area contributed by atoms with Crippen LogP contribution in [0.25, 0.3) is 0 Å². The molecule has 5 nitrogen and oxygen atoms in total. The first-order valence-corrected chi connectivity index (χ1v) is 5.15. The minimum absolute atomic E-state index is 0. The van der Waals surface area contributed by atoms with Crippen LogP contribution in [0.3, 0.4) is 0 Å². The molecule has 0 aliphatic carbocycles. The summed E-state index contributed by atoms with van der Waals surface area (Å²) in [5.41, 5.74) is 6.15. The topological polar surface area (TPSA) is 77.1 Å². The number of halogens is 1. The van der Waals surface area contributed by atoms with Crippen molar-refractivity contribution in [2.75, 3.05) is 5.32 Å². The number of hydrogen-bond donors (Lipinski definition) is 2. The van der Waals surface area contributed by atoms with Crippen molar-refractivity contribution in [3.8, 4) is 0 Å². The number of aromatic nitrogens is 1. The molecule has 17 heavy (non-hydrogen) atoms. The van der Waals surface area contributed by atoms with Gasteiger partial charge in [0.25, 0.3) is 0 Å². The van der Waals surface area contributed by atoms with Gasteiger partial charge in [-0.25, -0.2) is 0 Å². The molecule has 1 atom stereocenters. The predicted molar refractivity (Wildman–Crippen MR) is 70.4 cm³/mol. The molecular weight excluding hydrogens is 242 g/mol. The quantitative estimate of drug-likeness (QED) is 0.840. The van der Waals surface area contributed by atoms with Gasteiger partial charge in [-0.05, 0) is 12.0 Å². The van der Waals surface area contributed by atoms with Gasteiger partial charge in [0.2, 0.25) is 11.5 Å². The van der Waals surface area contributed by atoms with E-state index in [1.54, 1.807) is 19.3 Å². The third-order valence-corrected chi connectivity index (χ3v) is 2.37. The van der Waals surface area contributed by atoms with Crippen LogP contribution in [0.15, 0.2) is 23.1 Å². The van der Waals surface area contributed by atoms with Crippen molar-refractivity contribution in [1.29, 1.82) is 0 Å². The largest absolute Gasteiger partial charge is 0.323 e. The molecule has 0 spiro atoms. The smallest absolute Gasteiger partial charge is 0.250 e. The Kier molecular flexibility index (Phi) is 5.91. The zero-order valence-corrected chi connectivity index (χ0v) is 11.0. The van der Waals surface area contributed by atoms with E-state index in [0.717, 1.165) is 0 Å². The van der Waals surface area contributed by atoms with Gasteiger partial charge in [0, 0.05) is 19.3 Å². The fraction of sp³-hybridized carbons (Fsp3) is 0.455. The highest BCUT2D eigenvalue weighted by Gasteiger charge is 2.17. The number of hydrogen-bond acceptors (Lipinski definition) is 3. The lowest BCUT2D eigenvalue weighted by atomic mass is 10.1. The maximum absolute atomic E-state index is 11.6. The number of aryl methyl sites for hydroxylation is 1. The van der Waals surface area contributed by atoms with E-state index in [9.17, 15) is 9.59 Å². The molecule has 1 heterocycles. The average Bonchev–Trinajstić information content (AvgIpc) is 2.22. The molecule has 96 valence electrons. The van der Waals surface area contributed by atoms with Gasteiger partial charge in [-0.15, -0.1) is 12.4 Å². The first kappa shape index (κ1) is 15.7. The van der Waals surface area contributed by atoms with E-state index in [0.29, 0.717) is 5.69 Å². The average molecular weight is 260 g/mol. The fourth-order valence-corrected chi connectivity index (χ4v) is 1.20. The summed E-state index contributed by atoms with van der Waals surface area (Å²) in [4.78, 5) is 22.8. The molecule has 1 aromatic rings. The van der Waals surface area contributed by atoms with Crippen LogP contribution in [0.1, 0.15) is 13.8 Å². The Labute approximate surface area is 106 Å². The van der Waals surface area contributed by atoms with Crippen LogP contribution in [0.2, 0.25) is 0 Å². The summed E-state index contributed by atoms with van der Waals surface area (Å²) in [6, 6.07) is 2.42. The molecule has 0 saturated heterocycles. The van der Waals surface area contributed by atoms with E-state index >= 15 is 0 Å². The molecule has 6 heteroatoms. The number of rotatable bonds is 3. The molecule has 0 aromatic carbocycles. The molecule has 1 amide bonds. The fourth-order valence-electron chi connectivity index (χ4n) is 1.20. The molecule has 0 radical (unpaired) electrons. The summed E-state index contributed by atoms with van der Waals surface area (Å²) >= 11 is 0. The first-order chi connectivity index (χ1) is 7.41. The molecule has 1 aromatic heterocycles. The highest BCUT2D eigenvalue weighted by molar-refractivity contribution is 5.94. The van der Waals surface area contributed by atoms with E-state index in [1.165, 1.54) is 10.6 Å². The predicted octanol–water partition coefficient (Wildman–Crippen LogP) is 0.729. The highest BCUT2D eigenvalue weighted by atomic mass is 35.5. The van der Waals surface area contributed by atoms with Gasteiger partial charge in [0.05, 0.1) is 11.7 Å². The van der Waals surface area contributed by atoms with E-state index < -0.39 is 6.04 Å². The van der Waals surface area contributed by atoms with E-state index in [1.807, 2.05) is 13.8 Å². The summed E-state index contributed by atoms with van der Waals surface area (Å²) in [5, 5.41) is 2.67. The number of nitrogens with one attached hydrogen (secondary N) is 1. The number of carbonyl (C=O) groups is 1. The minimum Gasteiger partial charge on any atom is -0.323 e. The van der Waals surface area contributed by atoms with Crippen molar-refractivity contribution in [3.05, 3.63) is 28.7 Å². The lowest BCUT2D eigenvalue weighted by Gasteiger charge is -2.15. The third kappa shape index (κ3) is 4.20. The molecule has 0 unspecified atom stereocenters. The molecule has 0 aliphatic rings. The molecule has 1 rings (SSSR count). The Balaban J connectivity index is 0.00000256. The van der Waals surface area contributed by atoms with E-state index in [4.69, 9.17) is 5.73 Å². The van der Waals surface area contributed by atoms with Crippen molar-refractivity contribution in [2.45, 2.75) is 19.9 Å². The summed E-state index contributed by atoms with van der Waals surface area (Å²) in [6.07, 6.45) is 1.56. The van der Waals surface area contributed by atoms with Gasteiger partial charge in [-0.2, -0.15) is 0 Å². The van der Waals surface area contributed by atoms with Crippen molar-refractivity contribution >= 4 is 24.0 Å². The van der Waals surface area contributed by atoms with Gasteiger partial charge in [-0.1, -0.05) is 13.8 Å². The Morgan fingerprint density at radius 2 is 2.00 bits per heavy atom. The van der Waals surface area contributed by atoms with Crippen molar-refractivity contribution in [3.63, 3.8) is 0 Å². The van der Waals surface area contributed by atoms with E-state index in [2.05, 4.69) is 5.32 Å². The molecule has 3 N–H and O–H groups in total. The van der Waals surface area contributed by atoms with Crippen LogP contribution in [0.5, 0.6) is 0 Å². The van der Waals surface area contributed by atoms with Gasteiger partial charge >= 0.3 is 0 Å². The van der Waals surface area contributed by atoms with Gasteiger partial charge < -0.3 is 15.6 Å². The van der Waals surface area contributed by atoms with Crippen LogP contribution in [0, 0.1) is 5.92 Å². The monoisotopic (exact) mass is 259 g/mol. The van der Waals surface area contributed by atoms with Crippen LogP contribution in [-0.4, -0.2) is 16.5 Å². The Hall–Kier alpha value is -1.33. The Morgan fingerprint density at radius 3 is 2.47 bits per heavy atom. The standard InChI is InChI=1S/C11H17N3O2.ClH/c1-7(2)10(12)11(16)13-8-4-5-9(15)14(3)6-8;/h4-7,10H,12H2,1-3H3,(H,13,16);1H/t10-;/m1./s1. The van der Waals surface area contributed by atoms with Gasteiger partial charge in [-0.3, -0.25) is 9.59 Å². The SMILES string of the molecule is CC(C)[C@@H](N)C(=O)Nc1ccc(=O)n(C)c1.Cl. The molecule has 0 fully saturated rings. The number of pyridine rings is 1. The maximum atomic E-state index is 11.6. The maximum Gasteiger partial charge on any atom is 0.250 e. The minimum atomic E-state index is -0.544. The third-order valence-electron chi connectivity index (χ3n) is 2.37. The first-order valence-electron chi connectivity index (χ1n) is 5.15. The molecule has 0 saturated carbocycles. The second kappa shape index (κ2) is 6.42. The number of amides is 1. The molecule has 0 bridgehead atoms. The van der Waals surface area contributed by atoms with Crippen LogP contribution < -0.4 is 16.6 Å². The van der Waals surface area contributed by atoms with Crippen molar-refractivity contribution in [2.24, 2.45) is 18.7 Å². The molecular formula is C11H18ClN3O2. The highest BCUT2D eigenvalue weighted by Crippen LogP contribution is 2.05. The second-order valence-corrected chi connectivity index (χ2v) is 4.13. The summed E-state index contributed by atoms with van der Waals surface area (Å²) in [7, 11) is 1.63. The number of nitrogens with two attached hydrogens (primary N) is 1. The lowest BCUT2D eigenvalue weighted by molar-refractivity contribution is -0.118. The lowest BCUT2D eigenvalue weighted by Crippen LogP contribution is -2.39. The van der Waals surface area contributed by atoms with Crippen molar-refractivity contribution in [1.82, 2.24) is 4.57 Å². The van der Waals surface area contributed by atoms with Gasteiger partial charge in [0.15, 0.2) is 0 Å². The van der Waals surface area contributed by atoms with Crippen molar-refractivity contribution < 1.29 is 4.79 Å². The van der Waals surface area contributed by atoms with Crippen LogP contribution >= 0.6 is 12.4 Å². The summed E-state index contributed by atoms with van der Waals surface area (Å²) in [5.74, 6) is -0.166. The molecule has 0 aliphatic heterocycles. The van der Waals surface area contributed by atoms with Crippen LogP contribution in [-0.2, 0) is 11.8 Å². The van der Waals surface area contributed by atoms with Crippen LogP contribution in [0.4, 0.5) is 5.69 Å². The normalized spacial score (nSPS) is 11.8. The number of anilines is 1. The Morgan fingerprint density at radius 1 is 1.41 bits per heavy atom.